The van der Waals surface area contributed by atoms with Crippen LogP contribution in [0.2, 0.25) is 0 Å². The van der Waals surface area contributed by atoms with Crippen LogP contribution >= 0.6 is 0 Å². The zero-order chi connectivity index (χ0) is 19.8. The van der Waals surface area contributed by atoms with Gasteiger partial charge in [-0.3, -0.25) is 9.59 Å². The molecule has 28 heavy (non-hydrogen) atoms. The number of carbonyl (C=O) groups excluding carboxylic acids is 2. The Hall–Kier alpha value is -3.00. The van der Waals surface area contributed by atoms with Gasteiger partial charge in [-0.2, -0.15) is 5.10 Å². The van der Waals surface area contributed by atoms with Crippen LogP contribution in [-0.2, 0) is 27.5 Å². The van der Waals surface area contributed by atoms with Crippen LogP contribution in [0.25, 0.3) is 0 Å². The summed E-state index contributed by atoms with van der Waals surface area (Å²) in [6, 6.07) is 9.48. The molecule has 2 aromatic rings. The number of halogens is 1. The fourth-order valence-corrected chi connectivity index (χ4v) is 2.70. The molecular weight excluding hydrogens is 365 g/mol. The van der Waals surface area contributed by atoms with Gasteiger partial charge in [0.25, 0.3) is 5.91 Å². The van der Waals surface area contributed by atoms with Crippen LogP contribution in [-0.4, -0.2) is 35.7 Å². The molecule has 0 aliphatic carbocycles. The Morgan fingerprint density at radius 3 is 2.82 bits per heavy atom. The number of nitrogens with zero attached hydrogens (tertiary/aromatic N) is 2. The Kier molecular flexibility index (Phi) is 6.91. The predicted molar refractivity (Wildman–Crippen MR) is 99.6 cm³/mol. The van der Waals surface area contributed by atoms with Crippen molar-refractivity contribution in [3.63, 3.8) is 0 Å². The van der Waals surface area contributed by atoms with Gasteiger partial charge in [0.1, 0.15) is 23.9 Å². The van der Waals surface area contributed by atoms with Crippen LogP contribution in [0.5, 0.6) is 0 Å². The molecule has 0 bridgehead atoms. The highest BCUT2D eigenvalue weighted by molar-refractivity contribution is 6.39. The van der Waals surface area contributed by atoms with Gasteiger partial charge in [0.2, 0.25) is 5.91 Å². The van der Waals surface area contributed by atoms with E-state index >= 15 is 0 Å². The molecule has 3 rings (SSSR count). The Bertz CT molecular complexity index is 818. The predicted octanol–water partition coefficient (Wildman–Crippen LogP) is 2.62. The molecule has 0 saturated carbocycles. The average Bonchev–Trinajstić information content (AvgIpc) is 3.21. The first-order valence-electron chi connectivity index (χ1n) is 9.12. The lowest BCUT2D eigenvalue weighted by molar-refractivity contribution is -0.132. The van der Waals surface area contributed by atoms with E-state index in [9.17, 15) is 14.0 Å². The van der Waals surface area contributed by atoms with E-state index in [4.69, 9.17) is 9.15 Å². The maximum absolute atomic E-state index is 13.0. The number of nitrogens with one attached hydrogen (secondary N) is 1. The summed E-state index contributed by atoms with van der Waals surface area (Å²) in [5.74, 6) is -0.0354. The molecule has 2 amide bonds. The quantitative estimate of drug-likeness (QED) is 0.671. The Labute approximate surface area is 162 Å². The Morgan fingerprint density at radius 2 is 2.07 bits per heavy atom. The molecule has 0 radical (unpaired) electrons. The highest BCUT2D eigenvalue weighted by atomic mass is 19.1. The van der Waals surface area contributed by atoms with Crippen molar-refractivity contribution >= 4 is 17.5 Å². The third kappa shape index (κ3) is 5.75. The number of carbonyl (C=O) groups is 2. The average molecular weight is 387 g/mol. The van der Waals surface area contributed by atoms with Gasteiger partial charge in [-0.1, -0.05) is 12.1 Å². The fraction of sp³-hybridized carbons (Fsp3) is 0.350. The van der Waals surface area contributed by atoms with Crippen molar-refractivity contribution in [2.45, 2.75) is 32.4 Å². The third-order valence-corrected chi connectivity index (χ3v) is 4.19. The smallest absolute Gasteiger partial charge is 0.267 e. The second-order valence-corrected chi connectivity index (χ2v) is 6.37. The van der Waals surface area contributed by atoms with E-state index in [1.165, 1.54) is 17.1 Å². The van der Waals surface area contributed by atoms with E-state index < -0.39 is 0 Å². The molecule has 0 spiro atoms. The third-order valence-electron chi connectivity index (χ3n) is 4.19. The highest BCUT2D eigenvalue weighted by Gasteiger charge is 2.24. The molecule has 148 valence electrons. The summed E-state index contributed by atoms with van der Waals surface area (Å²) in [5, 5.41) is 8.23. The van der Waals surface area contributed by atoms with Crippen molar-refractivity contribution in [3.05, 3.63) is 59.8 Å². The lowest BCUT2D eigenvalue weighted by Crippen LogP contribution is -2.39. The summed E-state index contributed by atoms with van der Waals surface area (Å²) in [6.45, 7) is 1.54. The molecule has 0 atom stereocenters. The topological polar surface area (TPSA) is 84.1 Å². The number of benzene rings is 1. The van der Waals surface area contributed by atoms with Gasteiger partial charge in [-0.05, 0) is 36.2 Å². The van der Waals surface area contributed by atoms with Crippen LogP contribution < -0.4 is 5.32 Å². The lowest BCUT2D eigenvalue weighted by Gasteiger charge is -2.23. The van der Waals surface area contributed by atoms with E-state index in [0.717, 1.165) is 11.3 Å². The molecule has 1 aliphatic rings. The summed E-state index contributed by atoms with van der Waals surface area (Å²) in [5.41, 5.74) is 1.06. The van der Waals surface area contributed by atoms with Crippen LogP contribution in [0.15, 0.2) is 52.2 Å². The van der Waals surface area contributed by atoms with E-state index in [2.05, 4.69) is 10.4 Å². The highest BCUT2D eigenvalue weighted by Crippen LogP contribution is 2.14. The van der Waals surface area contributed by atoms with E-state index in [0.29, 0.717) is 38.3 Å². The molecule has 1 aromatic heterocycles. The number of hydrogen-bond donors (Lipinski definition) is 1. The summed E-state index contributed by atoms with van der Waals surface area (Å²) in [6.07, 6.45) is 2.77. The largest absolute Gasteiger partial charge is 0.467 e. The maximum Gasteiger partial charge on any atom is 0.267 e. The fourth-order valence-electron chi connectivity index (χ4n) is 2.70. The molecule has 0 fully saturated rings. The van der Waals surface area contributed by atoms with Gasteiger partial charge >= 0.3 is 0 Å². The number of amides is 2. The monoisotopic (exact) mass is 387 g/mol. The van der Waals surface area contributed by atoms with Gasteiger partial charge in [0, 0.05) is 26.0 Å². The van der Waals surface area contributed by atoms with E-state index in [1.54, 1.807) is 24.5 Å². The van der Waals surface area contributed by atoms with Gasteiger partial charge in [0.05, 0.1) is 12.8 Å². The van der Waals surface area contributed by atoms with Gasteiger partial charge in [-0.15, -0.1) is 0 Å². The minimum absolute atomic E-state index is 0.160. The van der Waals surface area contributed by atoms with Crippen molar-refractivity contribution in [3.8, 4) is 0 Å². The zero-order valence-corrected chi connectivity index (χ0v) is 15.4. The molecule has 1 aliphatic heterocycles. The van der Waals surface area contributed by atoms with E-state index in [-0.39, 0.29) is 30.6 Å². The molecule has 8 heteroatoms. The molecule has 0 saturated heterocycles. The Morgan fingerprint density at radius 1 is 1.25 bits per heavy atom. The summed E-state index contributed by atoms with van der Waals surface area (Å²) >= 11 is 0. The second-order valence-electron chi connectivity index (χ2n) is 6.37. The minimum atomic E-state index is -0.342. The number of hydrazone groups is 1. The van der Waals surface area contributed by atoms with Gasteiger partial charge in [0.15, 0.2) is 0 Å². The molecule has 0 unspecified atom stereocenters. The number of ether oxygens (including phenoxy) is 1. The lowest BCUT2D eigenvalue weighted by atomic mass is 10.1. The first kappa shape index (κ1) is 19.8. The summed E-state index contributed by atoms with van der Waals surface area (Å²) in [4.78, 5) is 24.3. The molecule has 1 N–H and O–H groups in total. The standard InChI is InChI=1S/C20H22FN3O4/c21-16-6-4-15(5-7-16)13-24-19(25)9-8-18(23-24)20(26)22-10-2-11-27-14-17-3-1-12-28-17/h1,3-7,12H,2,8-11,13-14H2,(H,22,26). The summed E-state index contributed by atoms with van der Waals surface area (Å²) in [7, 11) is 0. The normalized spacial score (nSPS) is 14.1. The molecule has 7 nitrogen and oxygen atoms in total. The van der Waals surface area contributed by atoms with Crippen LogP contribution in [0, 0.1) is 5.82 Å². The zero-order valence-electron chi connectivity index (χ0n) is 15.4. The van der Waals surface area contributed by atoms with Crippen molar-refractivity contribution in [1.82, 2.24) is 10.3 Å². The first-order chi connectivity index (χ1) is 13.6. The van der Waals surface area contributed by atoms with Gasteiger partial charge < -0.3 is 14.5 Å². The van der Waals surface area contributed by atoms with E-state index in [1.807, 2.05) is 6.07 Å². The summed E-state index contributed by atoms with van der Waals surface area (Å²) < 4.78 is 23.6. The van der Waals surface area contributed by atoms with Crippen LogP contribution in [0.1, 0.15) is 30.6 Å². The molecule has 2 heterocycles. The molecular formula is C20H22FN3O4. The SMILES string of the molecule is O=C(NCCCOCc1ccco1)C1=NN(Cc2ccc(F)cc2)C(=O)CC1. The minimum Gasteiger partial charge on any atom is -0.467 e. The second kappa shape index (κ2) is 9.80. The maximum atomic E-state index is 13.0. The Balaban J connectivity index is 1.43. The van der Waals surface area contributed by atoms with Crippen molar-refractivity contribution in [2.24, 2.45) is 5.10 Å². The van der Waals surface area contributed by atoms with Crippen molar-refractivity contribution in [1.29, 1.82) is 0 Å². The van der Waals surface area contributed by atoms with Gasteiger partial charge in [-0.25, -0.2) is 9.40 Å². The number of hydrogen-bond acceptors (Lipinski definition) is 5. The number of rotatable bonds is 9. The number of furan rings is 1. The van der Waals surface area contributed by atoms with Crippen molar-refractivity contribution in [2.75, 3.05) is 13.2 Å². The first-order valence-corrected chi connectivity index (χ1v) is 9.12. The van der Waals surface area contributed by atoms with Crippen LogP contribution in [0.4, 0.5) is 4.39 Å². The van der Waals surface area contributed by atoms with Crippen molar-refractivity contribution < 1.29 is 23.1 Å². The van der Waals surface area contributed by atoms with Crippen LogP contribution in [0.3, 0.4) is 0 Å². The molecule has 1 aromatic carbocycles.